The maximum Gasteiger partial charge on any atom is 0.317 e. The molecule has 0 saturated carbocycles. The van der Waals surface area contributed by atoms with E-state index in [-0.39, 0.29) is 12.1 Å². The predicted molar refractivity (Wildman–Crippen MR) is 83.2 cm³/mol. The molecule has 22 heavy (non-hydrogen) atoms. The first-order valence-electron chi connectivity index (χ1n) is 7.67. The predicted octanol–water partition coefficient (Wildman–Crippen LogP) is -1.01. The monoisotopic (exact) mass is 334 g/mol. The lowest BCUT2D eigenvalue weighted by atomic mass is 10.3. The van der Waals surface area contributed by atoms with E-state index in [4.69, 9.17) is 4.74 Å². The summed E-state index contributed by atoms with van der Waals surface area (Å²) in [5, 5.41) is 2.99. The first-order chi connectivity index (χ1) is 10.4. The highest BCUT2D eigenvalue weighted by Crippen LogP contribution is 2.06. The van der Waals surface area contributed by atoms with Crippen LogP contribution in [-0.4, -0.2) is 99.9 Å². The van der Waals surface area contributed by atoms with Crippen molar-refractivity contribution in [3.8, 4) is 0 Å². The summed E-state index contributed by atoms with van der Waals surface area (Å²) in [7, 11) is -3.16. The van der Waals surface area contributed by atoms with Crippen LogP contribution in [0.1, 0.15) is 6.92 Å². The van der Waals surface area contributed by atoms with Gasteiger partial charge in [-0.2, -0.15) is 4.31 Å². The van der Waals surface area contributed by atoms with Gasteiger partial charge in [0.15, 0.2) is 0 Å². The van der Waals surface area contributed by atoms with Gasteiger partial charge in [-0.3, -0.25) is 4.90 Å². The van der Waals surface area contributed by atoms with Crippen molar-refractivity contribution in [1.29, 1.82) is 0 Å². The molecule has 2 saturated heterocycles. The van der Waals surface area contributed by atoms with Crippen molar-refractivity contribution < 1.29 is 17.9 Å². The molecule has 2 aliphatic rings. The topological polar surface area (TPSA) is 82.2 Å². The van der Waals surface area contributed by atoms with Crippen molar-refractivity contribution in [1.82, 2.24) is 19.4 Å². The van der Waals surface area contributed by atoms with Crippen LogP contribution < -0.4 is 5.32 Å². The average Bonchev–Trinajstić information content (AvgIpc) is 2.47. The third-order valence-electron chi connectivity index (χ3n) is 4.00. The molecule has 2 aliphatic heterocycles. The van der Waals surface area contributed by atoms with Gasteiger partial charge in [-0.05, 0) is 6.92 Å². The summed E-state index contributed by atoms with van der Waals surface area (Å²) in [6.45, 7) is 7.67. The SMILES string of the molecule is C[C@@H](CN1CCOCC1)NC(=O)N1CCN(S(C)(=O)=O)CC1. The number of ether oxygens (including phenoxy) is 1. The van der Waals surface area contributed by atoms with Crippen LogP contribution in [0.3, 0.4) is 0 Å². The van der Waals surface area contributed by atoms with Crippen LogP contribution in [0.2, 0.25) is 0 Å². The number of amides is 2. The number of hydrogen-bond acceptors (Lipinski definition) is 5. The Hall–Kier alpha value is -0.900. The van der Waals surface area contributed by atoms with Crippen molar-refractivity contribution in [2.75, 3.05) is 65.3 Å². The lowest BCUT2D eigenvalue weighted by Gasteiger charge is -2.35. The zero-order valence-corrected chi connectivity index (χ0v) is 14.1. The second-order valence-electron chi connectivity index (χ2n) is 5.91. The number of carbonyl (C=O) groups is 1. The minimum atomic E-state index is -3.16. The number of rotatable bonds is 4. The van der Waals surface area contributed by atoms with Crippen molar-refractivity contribution in [3.05, 3.63) is 0 Å². The van der Waals surface area contributed by atoms with Crippen LogP contribution in [-0.2, 0) is 14.8 Å². The van der Waals surface area contributed by atoms with Crippen molar-refractivity contribution >= 4 is 16.1 Å². The van der Waals surface area contributed by atoms with Crippen molar-refractivity contribution in [2.45, 2.75) is 13.0 Å². The van der Waals surface area contributed by atoms with E-state index in [0.29, 0.717) is 26.2 Å². The summed E-state index contributed by atoms with van der Waals surface area (Å²) in [6, 6.07) is -0.0625. The Morgan fingerprint density at radius 3 is 2.27 bits per heavy atom. The van der Waals surface area contributed by atoms with E-state index in [0.717, 1.165) is 32.8 Å². The zero-order chi connectivity index (χ0) is 16.2. The fraction of sp³-hybridized carbons (Fsp3) is 0.923. The number of urea groups is 1. The van der Waals surface area contributed by atoms with E-state index in [1.165, 1.54) is 10.6 Å². The summed E-state index contributed by atoms with van der Waals surface area (Å²) in [5.41, 5.74) is 0. The molecule has 0 radical (unpaired) electrons. The number of sulfonamides is 1. The second kappa shape index (κ2) is 7.58. The van der Waals surface area contributed by atoms with Gasteiger partial charge in [-0.1, -0.05) is 0 Å². The largest absolute Gasteiger partial charge is 0.379 e. The van der Waals surface area contributed by atoms with Crippen LogP contribution in [0.15, 0.2) is 0 Å². The minimum Gasteiger partial charge on any atom is -0.379 e. The van der Waals surface area contributed by atoms with Gasteiger partial charge in [0.1, 0.15) is 0 Å². The fourth-order valence-corrected chi connectivity index (χ4v) is 3.57. The van der Waals surface area contributed by atoms with E-state index in [1.807, 2.05) is 6.92 Å². The number of piperazine rings is 1. The molecule has 9 heteroatoms. The molecule has 0 aliphatic carbocycles. The number of nitrogens with one attached hydrogen (secondary N) is 1. The molecular weight excluding hydrogens is 308 g/mol. The summed E-state index contributed by atoms with van der Waals surface area (Å²) in [5.74, 6) is 0. The molecule has 0 bridgehead atoms. The van der Waals surface area contributed by atoms with Crippen LogP contribution in [0.5, 0.6) is 0 Å². The quantitative estimate of drug-likeness (QED) is 0.713. The van der Waals surface area contributed by atoms with Crippen molar-refractivity contribution in [3.63, 3.8) is 0 Å². The Labute approximate surface area is 132 Å². The zero-order valence-electron chi connectivity index (χ0n) is 13.3. The maximum atomic E-state index is 12.2. The van der Waals surface area contributed by atoms with Crippen LogP contribution in [0.25, 0.3) is 0 Å². The Morgan fingerprint density at radius 1 is 1.14 bits per heavy atom. The van der Waals surface area contributed by atoms with Gasteiger partial charge in [0.2, 0.25) is 10.0 Å². The van der Waals surface area contributed by atoms with E-state index < -0.39 is 10.0 Å². The first-order valence-corrected chi connectivity index (χ1v) is 9.52. The van der Waals surface area contributed by atoms with Gasteiger partial charge in [0, 0.05) is 51.9 Å². The molecule has 2 fully saturated rings. The molecule has 0 unspecified atom stereocenters. The molecule has 8 nitrogen and oxygen atoms in total. The molecule has 0 spiro atoms. The molecule has 2 heterocycles. The summed E-state index contributed by atoms with van der Waals surface area (Å²) >= 11 is 0. The van der Waals surface area contributed by atoms with E-state index in [9.17, 15) is 13.2 Å². The van der Waals surface area contributed by atoms with Crippen LogP contribution in [0, 0.1) is 0 Å². The fourth-order valence-electron chi connectivity index (χ4n) is 2.74. The molecule has 0 aromatic heterocycles. The molecule has 2 amide bonds. The van der Waals surface area contributed by atoms with Gasteiger partial charge in [-0.15, -0.1) is 0 Å². The summed E-state index contributed by atoms with van der Waals surface area (Å²) < 4.78 is 29.6. The van der Waals surface area contributed by atoms with Crippen LogP contribution >= 0.6 is 0 Å². The van der Waals surface area contributed by atoms with Gasteiger partial charge >= 0.3 is 6.03 Å². The maximum absolute atomic E-state index is 12.2. The normalized spacial score (nSPS) is 23.3. The number of hydrogen-bond donors (Lipinski definition) is 1. The highest BCUT2D eigenvalue weighted by molar-refractivity contribution is 7.88. The smallest absolute Gasteiger partial charge is 0.317 e. The number of morpholine rings is 1. The molecule has 1 atom stereocenters. The van der Waals surface area contributed by atoms with E-state index >= 15 is 0 Å². The Kier molecular flexibility index (Phi) is 6.01. The Balaban J connectivity index is 1.73. The summed E-state index contributed by atoms with van der Waals surface area (Å²) in [6.07, 6.45) is 1.20. The Morgan fingerprint density at radius 2 is 1.73 bits per heavy atom. The van der Waals surface area contributed by atoms with Gasteiger partial charge in [0.25, 0.3) is 0 Å². The third-order valence-corrected chi connectivity index (χ3v) is 5.30. The Bertz CT molecular complexity index is 470. The van der Waals surface area contributed by atoms with Crippen molar-refractivity contribution in [2.24, 2.45) is 0 Å². The number of carbonyl (C=O) groups excluding carboxylic acids is 1. The van der Waals surface area contributed by atoms with E-state index in [1.54, 1.807) is 4.90 Å². The highest BCUT2D eigenvalue weighted by atomic mass is 32.2. The lowest BCUT2D eigenvalue weighted by Crippen LogP contribution is -2.55. The number of nitrogens with zero attached hydrogens (tertiary/aromatic N) is 3. The minimum absolute atomic E-state index is 0.0542. The highest BCUT2D eigenvalue weighted by Gasteiger charge is 2.26. The first kappa shape index (κ1) is 17.5. The van der Waals surface area contributed by atoms with Gasteiger partial charge < -0.3 is 15.0 Å². The van der Waals surface area contributed by atoms with Gasteiger partial charge in [0.05, 0.1) is 19.5 Å². The standard InChI is InChI=1S/C13H26N4O4S/c1-12(11-15-7-9-21-10-8-15)14-13(18)16-3-5-17(6-4-16)22(2,19)20/h12H,3-11H2,1-2H3,(H,14,18)/t12-/m0/s1. The average molecular weight is 334 g/mol. The lowest BCUT2D eigenvalue weighted by molar-refractivity contribution is 0.0345. The van der Waals surface area contributed by atoms with E-state index in [2.05, 4.69) is 10.2 Å². The molecule has 2 rings (SSSR count). The molecule has 1 N–H and O–H groups in total. The molecular formula is C13H26N4O4S. The van der Waals surface area contributed by atoms with Gasteiger partial charge in [-0.25, -0.2) is 13.2 Å². The molecule has 0 aromatic rings. The molecule has 0 aromatic carbocycles. The summed E-state index contributed by atoms with van der Waals surface area (Å²) in [4.78, 5) is 16.2. The third kappa shape index (κ3) is 5.08. The second-order valence-corrected chi connectivity index (χ2v) is 7.90. The molecule has 128 valence electrons. The van der Waals surface area contributed by atoms with Crippen LogP contribution in [0.4, 0.5) is 4.79 Å².